The summed E-state index contributed by atoms with van der Waals surface area (Å²) in [6, 6.07) is 5.34. The highest BCUT2D eigenvalue weighted by atomic mass is 16.5. The minimum atomic E-state index is -0.0213. The molecule has 20 heavy (non-hydrogen) atoms. The van der Waals surface area contributed by atoms with Crippen LogP contribution in [-0.4, -0.2) is 31.5 Å². The first-order valence-corrected chi connectivity index (χ1v) is 7.31. The van der Waals surface area contributed by atoms with Crippen LogP contribution < -0.4 is 10.5 Å². The van der Waals surface area contributed by atoms with Gasteiger partial charge in [-0.05, 0) is 30.9 Å². The molecule has 0 heterocycles. The number of nitrogens with zero attached hydrogens (tertiary/aromatic N) is 1. The third-order valence-electron chi connectivity index (χ3n) is 4.12. The normalized spacial score (nSPS) is 15.9. The van der Waals surface area contributed by atoms with Crippen LogP contribution in [0, 0.1) is 5.92 Å². The number of carbonyl (C=O) groups excluding carboxylic acids is 1. The first-order chi connectivity index (χ1) is 9.63. The van der Waals surface area contributed by atoms with Crippen molar-refractivity contribution >= 4 is 11.6 Å². The minimum Gasteiger partial charge on any atom is -0.495 e. The van der Waals surface area contributed by atoms with Crippen molar-refractivity contribution in [3.05, 3.63) is 23.8 Å². The SMILES string of the molecule is COc1cccc(C(=O)N(C)CC2CCCCC2)c1N. The Morgan fingerprint density at radius 1 is 1.35 bits per heavy atom. The molecule has 1 saturated carbocycles. The van der Waals surface area contributed by atoms with Crippen molar-refractivity contribution in [1.82, 2.24) is 4.90 Å². The van der Waals surface area contributed by atoms with Crippen molar-refractivity contribution in [3.8, 4) is 5.75 Å². The summed E-state index contributed by atoms with van der Waals surface area (Å²) in [5.41, 5.74) is 6.95. The van der Waals surface area contributed by atoms with Crippen molar-refractivity contribution in [3.63, 3.8) is 0 Å². The van der Waals surface area contributed by atoms with Crippen LogP contribution in [0.25, 0.3) is 0 Å². The van der Waals surface area contributed by atoms with Gasteiger partial charge in [0.15, 0.2) is 0 Å². The molecule has 4 heteroatoms. The first-order valence-electron chi connectivity index (χ1n) is 7.31. The van der Waals surface area contributed by atoms with Gasteiger partial charge in [-0.15, -0.1) is 0 Å². The second-order valence-corrected chi connectivity index (χ2v) is 5.61. The second kappa shape index (κ2) is 6.64. The van der Waals surface area contributed by atoms with Crippen LogP contribution in [0.5, 0.6) is 5.75 Å². The number of nitrogens with two attached hydrogens (primary N) is 1. The largest absolute Gasteiger partial charge is 0.495 e. The van der Waals surface area contributed by atoms with Crippen LogP contribution in [-0.2, 0) is 0 Å². The Labute approximate surface area is 120 Å². The number of nitrogen functional groups attached to an aromatic ring is 1. The van der Waals surface area contributed by atoms with Gasteiger partial charge in [0.25, 0.3) is 5.91 Å². The summed E-state index contributed by atoms with van der Waals surface area (Å²) in [6.45, 7) is 0.815. The molecule has 0 aromatic heterocycles. The highest BCUT2D eigenvalue weighted by Gasteiger charge is 2.21. The molecular formula is C16H24N2O2. The monoisotopic (exact) mass is 276 g/mol. The zero-order valence-electron chi connectivity index (χ0n) is 12.4. The van der Waals surface area contributed by atoms with E-state index in [4.69, 9.17) is 10.5 Å². The minimum absolute atomic E-state index is 0.0213. The lowest BCUT2D eigenvalue weighted by Gasteiger charge is -2.27. The maximum atomic E-state index is 12.5. The Kier molecular flexibility index (Phi) is 4.88. The number of benzene rings is 1. The molecule has 1 aliphatic rings. The van der Waals surface area contributed by atoms with Gasteiger partial charge in [0.2, 0.25) is 0 Å². The molecule has 1 aromatic carbocycles. The van der Waals surface area contributed by atoms with E-state index >= 15 is 0 Å². The van der Waals surface area contributed by atoms with Gasteiger partial charge in [-0.2, -0.15) is 0 Å². The van der Waals surface area contributed by atoms with Gasteiger partial charge in [0.1, 0.15) is 5.75 Å². The molecule has 0 aliphatic heterocycles. The fourth-order valence-electron chi connectivity index (χ4n) is 2.95. The number of amides is 1. The smallest absolute Gasteiger partial charge is 0.255 e. The predicted octanol–water partition coefficient (Wildman–Crippen LogP) is 2.93. The standard InChI is InChI=1S/C16H24N2O2/c1-18(11-12-7-4-3-5-8-12)16(19)13-9-6-10-14(20-2)15(13)17/h6,9-10,12H,3-5,7-8,11,17H2,1-2H3. The van der Waals surface area contributed by atoms with E-state index in [-0.39, 0.29) is 5.91 Å². The summed E-state index contributed by atoms with van der Waals surface area (Å²) in [7, 11) is 3.42. The van der Waals surface area contributed by atoms with Crippen LogP contribution >= 0.6 is 0 Å². The molecule has 2 N–H and O–H groups in total. The van der Waals surface area contributed by atoms with E-state index in [1.54, 1.807) is 30.2 Å². The highest BCUT2D eigenvalue weighted by molar-refractivity contribution is 6.00. The molecule has 1 fully saturated rings. The highest BCUT2D eigenvalue weighted by Crippen LogP contribution is 2.27. The number of hydrogen-bond acceptors (Lipinski definition) is 3. The lowest BCUT2D eigenvalue weighted by molar-refractivity contribution is 0.0761. The predicted molar refractivity (Wildman–Crippen MR) is 80.9 cm³/mol. The molecular weight excluding hydrogens is 252 g/mol. The lowest BCUT2D eigenvalue weighted by atomic mass is 9.89. The average molecular weight is 276 g/mol. The van der Waals surface area contributed by atoms with Crippen molar-refractivity contribution in [2.75, 3.05) is 26.4 Å². The maximum absolute atomic E-state index is 12.5. The number of methoxy groups -OCH3 is 1. The van der Waals surface area contributed by atoms with Gasteiger partial charge < -0.3 is 15.4 Å². The molecule has 110 valence electrons. The fraction of sp³-hybridized carbons (Fsp3) is 0.562. The average Bonchev–Trinajstić information content (AvgIpc) is 2.48. The van der Waals surface area contributed by atoms with Gasteiger partial charge in [0.05, 0.1) is 18.4 Å². The van der Waals surface area contributed by atoms with Crippen LogP contribution in [0.1, 0.15) is 42.5 Å². The molecule has 1 aromatic rings. The van der Waals surface area contributed by atoms with E-state index in [2.05, 4.69) is 0 Å². The Bertz CT molecular complexity index is 468. The van der Waals surface area contributed by atoms with E-state index in [9.17, 15) is 4.79 Å². The summed E-state index contributed by atoms with van der Waals surface area (Å²) >= 11 is 0. The number of carbonyl (C=O) groups is 1. The van der Waals surface area contributed by atoms with Crippen molar-refractivity contribution in [1.29, 1.82) is 0 Å². The third kappa shape index (κ3) is 3.24. The number of ether oxygens (including phenoxy) is 1. The molecule has 0 unspecified atom stereocenters. The van der Waals surface area contributed by atoms with E-state index in [0.29, 0.717) is 22.9 Å². The Morgan fingerprint density at radius 3 is 2.70 bits per heavy atom. The van der Waals surface area contributed by atoms with E-state index in [1.165, 1.54) is 32.1 Å². The van der Waals surface area contributed by atoms with E-state index < -0.39 is 0 Å². The quantitative estimate of drug-likeness (QED) is 0.860. The van der Waals surface area contributed by atoms with Gasteiger partial charge in [0, 0.05) is 13.6 Å². The molecule has 0 atom stereocenters. The van der Waals surface area contributed by atoms with Crippen molar-refractivity contribution < 1.29 is 9.53 Å². The third-order valence-corrected chi connectivity index (χ3v) is 4.12. The first kappa shape index (κ1) is 14.7. The summed E-state index contributed by atoms with van der Waals surface area (Å²) in [5, 5.41) is 0. The van der Waals surface area contributed by atoms with E-state index in [0.717, 1.165) is 6.54 Å². The van der Waals surface area contributed by atoms with Crippen LogP contribution in [0.15, 0.2) is 18.2 Å². The molecule has 0 saturated heterocycles. The maximum Gasteiger partial charge on any atom is 0.255 e. The number of hydrogen-bond donors (Lipinski definition) is 1. The summed E-state index contributed by atoms with van der Waals surface area (Å²) < 4.78 is 5.17. The molecule has 0 radical (unpaired) electrons. The second-order valence-electron chi connectivity index (χ2n) is 5.61. The number of rotatable bonds is 4. The van der Waals surface area contributed by atoms with Gasteiger partial charge in [-0.1, -0.05) is 25.3 Å². The van der Waals surface area contributed by atoms with Crippen molar-refractivity contribution in [2.24, 2.45) is 5.92 Å². The van der Waals surface area contributed by atoms with Crippen molar-refractivity contribution in [2.45, 2.75) is 32.1 Å². The number of anilines is 1. The fourth-order valence-corrected chi connectivity index (χ4v) is 2.95. The molecule has 1 aliphatic carbocycles. The van der Waals surface area contributed by atoms with Crippen LogP contribution in [0.3, 0.4) is 0 Å². The zero-order chi connectivity index (χ0) is 14.5. The summed E-state index contributed by atoms with van der Waals surface area (Å²) in [6.07, 6.45) is 6.36. The van der Waals surface area contributed by atoms with Gasteiger partial charge in [-0.25, -0.2) is 0 Å². The lowest BCUT2D eigenvalue weighted by Crippen LogP contribution is -2.33. The molecule has 4 nitrogen and oxygen atoms in total. The van der Waals surface area contributed by atoms with Gasteiger partial charge >= 0.3 is 0 Å². The topological polar surface area (TPSA) is 55.6 Å². The Morgan fingerprint density at radius 2 is 2.05 bits per heavy atom. The summed E-state index contributed by atoms with van der Waals surface area (Å²) in [5.74, 6) is 1.17. The molecule has 2 rings (SSSR count). The van der Waals surface area contributed by atoms with Crippen LogP contribution in [0.4, 0.5) is 5.69 Å². The molecule has 1 amide bonds. The number of para-hydroxylation sites is 1. The van der Waals surface area contributed by atoms with Gasteiger partial charge in [-0.3, -0.25) is 4.79 Å². The Balaban J connectivity index is 2.06. The summed E-state index contributed by atoms with van der Waals surface area (Å²) in [4.78, 5) is 14.3. The van der Waals surface area contributed by atoms with Crippen LogP contribution in [0.2, 0.25) is 0 Å². The molecule has 0 spiro atoms. The zero-order valence-corrected chi connectivity index (χ0v) is 12.4. The van der Waals surface area contributed by atoms with E-state index in [1.807, 2.05) is 7.05 Å². The Hall–Kier alpha value is -1.71. The molecule has 0 bridgehead atoms.